The first kappa shape index (κ1) is 30.0. The van der Waals surface area contributed by atoms with Crippen LogP contribution in [-0.4, -0.2) is 51.9 Å². The molecule has 1 N–H and O–H groups in total. The molecule has 0 bridgehead atoms. The van der Waals surface area contributed by atoms with Gasteiger partial charge in [0.25, 0.3) is 10.0 Å². The zero-order valence-corrected chi connectivity index (χ0v) is 24.3. The number of methoxy groups -OCH3 is 1. The summed E-state index contributed by atoms with van der Waals surface area (Å²) in [5, 5.41) is 2.98. The number of likely N-dealkylation sites (N-methyl/N-ethyl adjacent to an activating group) is 1. The summed E-state index contributed by atoms with van der Waals surface area (Å²) in [6, 6.07) is 17.6. The van der Waals surface area contributed by atoms with E-state index in [1.807, 2.05) is 13.0 Å². The molecule has 0 radical (unpaired) electrons. The van der Waals surface area contributed by atoms with Crippen molar-refractivity contribution >= 4 is 39.1 Å². The van der Waals surface area contributed by atoms with E-state index in [0.717, 1.165) is 21.0 Å². The molecule has 10 heteroatoms. The highest BCUT2D eigenvalue weighted by Crippen LogP contribution is 2.29. The van der Waals surface area contributed by atoms with Crippen LogP contribution < -0.4 is 14.4 Å². The van der Waals surface area contributed by atoms with Crippen molar-refractivity contribution in [3.8, 4) is 5.75 Å². The number of rotatable bonds is 11. The first-order chi connectivity index (χ1) is 18.5. The Morgan fingerprint density at radius 2 is 1.72 bits per heavy atom. The third kappa shape index (κ3) is 7.10. The van der Waals surface area contributed by atoms with E-state index in [0.29, 0.717) is 17.2 Å². The molecule has 208 valence electrons. The summed E-state index contributed by atoms with van der Waals surface area (Å²) in [7, 11) is -1.12. The van der Waals surface area contributed by atoms with Crippen LogP contribution in [0, 0.1) is 13.8 Å². The Bertz CT molecular complexity index is 1430. The highest BCUT2D eigenvalue weighted by atomic mass is 35.5. The minimum atomic E-state index is -4.16. The number of aryl methyl sites for hydroxylation is 2. The van der Waals surface area contributed by atoms with Crippen LogP contribution in [0.15, 0.2) is 71.6 Å². The van der Waals surface area contributed by atoms with Crippen LogP contribution in [0.1, 0.15) is 30.0 Å². The Morgan fingerprint density at radius 3 is 2.31 bits per heavy atom. The van der Waals surface area contributed by atoms with Crippen LogP contribution in [0.4, 0.5) is 5.69 Å². The second-order valence-corrected chi connectivity index (χ2v) is 11.4. The maximum atomic E-state index is 14.0. The number of anilines is 1. The topological polar surface area (TPSA) is 96.0 Å². The van der Waals surface area contributed by atoms with Gasteiger partial charge in [-0.05, 0) is 67.8 Å². The zero-order chi connectivity index (χ0) is 28.7. The van der Waals surface area contributed by atoms with Gasteiger partial charge in [0.05, 0.1) is 17.7 Å². The predicted octanol–water partition coefficient (Wildman–Crippen LogP) is 4.71. The van der Waals surface area contributed by atoms with Crippen molar-refractivity contribution in [3.05, 3.63) is 88.4 Å². The Morgan fingerprint density at radius 1 is 1.03 bits per heavy atom. The van der Waals surface area contributed by atoms with E-state index in [1.54, 1.807) is 63.4 Å². The third-order valence-corrected chi connectivity index (χ3v) is 8.65. The van der Waals surface area contributed by atoms with Crippen LogP contribution in [0.5, 0.6) is 5.75 Å². The summed E-state index contributed by atoms with van der Waals surface area (Å²) in [6.07, 6.45) is 0.330. The first-order valence-electron chi connectivity index (χ1n) is 12.5. The smallest absolute Gasteiger partial charge is 0.264 e. The molecule has 0 fully saturated rings. The Balaban J connectivity index is 2.09. The van der Waals surface area contributed by atoms with Crippen LogP contribution >= 0.6 is 11.6 Å². The van der Waals surface area contributed by atoms with E-state index in [1.165, 1.54) is 30.1 Å². The summed E-state index contributed by atoms with van der Waals surface area (Å²) in [6.45, 7) is 5.01. The average molecular weight is 572 g/mol. The third-order valence-electron chi connectivity index (χ3n) is 6.45. The zero-order valence-electron chi connectivity index (χ0n) is 22.8. The Hall–Kier alpha value is -3.56. The monoisotopic (exact) mass is 571 g/mol. The second kappa shape index (κ2) is 13.0. The van der Waals surface area contributed by atoms with Gasteiger partial charge in [0.15, 0.2) is 0 Å². The molecule has 0 saturated carbocycles. The molecule has 8 nitrogen and oxygen atoms in total. The molecule has 1 atom stereocenters. The lowest BCUT2D eigenvalue weighted by Gasteiger charge is -2.33. The standard InChI is InChI=1S/C29H34ClN3O5S/c1-6-27(29(35)31-4)32(18-22-8-7-9-24(16-22)38-5)28(34)19-33(23-13-12-21(3)26(30)17-23)39(36,37)25-14-10-20(2)11-15-25/h7-17,27H,6,18-19H2,1-5H3,(H,31,35)/t27-/m0/s1. The van der Waals surface area contributed by atoms with Gasteiger partial charge in [-0.2, -0.15) is 0 Å². The van der Waals surface area contributed by atoms with E-state index >= 15 is 0 Å². The molecule has 0 aliphatic rings. The predicted molar refractivity (Wildman–Crippen MR) is 154 cm³/mol. The Kier molecular flexibility index (Phi) is 9.99. The Labute approximate surface area is 235 Å². The van der Waals surface area contributed by atoms with Gasteiger partial charge in [0.2, 0.25) is 11.8 Å². The normalized spacial score (nSPS) is 11.9. The van der Waals surface area contributed by atoms with Crippen LogP contribution in [0.3, 0.4) is 0 Å². The lowest BCUT2D eigenvalue weighted by atomic mass is 10.1. The molecular formula is C29H34ClN3O5S. The van der Waals surface area contributed by atoms with Gasteiger partial charge in [-0.15, -0.1) is 0 Å². The van der Waals surface area contributed by atoms with Gasteiger partial charge >= 0.3 is 0 Å². The van der Waals surface area contributed by atoms with E-state index in [2.05, 4.69) is 5.32 Å². The summed E-state index contributed by atoms with van der Waals surface area (Å²) in [5.74, 6) is -0.286. The summed E-state index contributed by atoms with van der Waals surface area (Å²) in [5.41, 5.74) is 2.64. The molecule has 3 aromatic carbocycles. The lowest BCUT2D eigenvalue weighted by molar-refractivity contribution is -0.140. The van der Waals surface area contributed by atoms with Gasteiger partial charge in [0.1, 0.15) is 18.3 Å². The fraction of sp³-hybridized carbons (Fsp3) is 0.310. The van der Waals surface area contributed by atoms with E-state index in [9.17, 15) is 18.0 Å². The molecule has 0 aliphatic heterocycles. The number of halogens is 1. The average Bonchev–Trinajstić information content (AvgIpc) is 2.93. The number of carbonyl (C=O) groups excluding carboxylic acids is 2. The number of sulfonamides is 1. The fourth-order valence-electron chi connectivity index (χ4n) is 4.16. The largest absolute Gasteiger partial charge is 0.497 e. The van der Waals surface area contributed by atoms with E-state index in [-0.39, 0.29) is 23.0 Å². The summed E-state index contributed by atoms with van der Waals surface area (Å²) < 4.78 is 34.1. The van der Waals surface area contributed by atoms with Crippen LogP contribution in [-0.2, 0) is 26.2 Å². The van der Waals surface area contributed by atoms with Crippen molar-refractivity contribution in [2.24, 2.45) is 0 Å². The maximum Gasteiger partial charge on any atom is 0.264 e. The molecule has 0 spiro atoms. The van der Waals surface area contributed by atoms with Gasteiger partial charge in [-0.1, -0.05) is 54.4 Å². The van der Waals surface area contributed by atoms with Gasteiger partial charge in [-0.25, -0.2) is 8.42 Å². The molecule has 3 rings (SSSR count). The highest BCUT2D eigenvalue weighted by molar-refractivity contribution is 7.92. The van der Waals surface area contributed by atoms with Crippen molar-refractivity contribution in [1.29, 1.82) is 0 Å². The number of nitrogens with one attached hydrogen (secondary N) is 1. The van der Waals surface area contributed by atoms with Crippen molar-refractivity contribution in [2.45, 2.75) is 44.7 Å². The number of hydrogen-bond acceptors (Lipinski definition) is 5. The number of amides is 2. The maximum absolute atomic E-state index is 14.0. The fourth-order valence-corrected chi connectivity index (χ4v) is 5.74. The quantitative estimate of drug-likeness (QED) is 0.359. The number of hydrogen-bond donors (Lipinski definition) is 1. The number of nitrogens with zero attached hydrogens (tertiary/aromatic N) is 2. The molecule has 0 heterocycles. The lowest BCUT2D eigenvalue weighted by Crippen LogP contribution is -2.51. The summed E-state index contributed by atoms with van der Waals surface area (Å²) >= 11 is 6.36. The number of ether oxygens (including phenoxy) is 1. The van der Waals surface area contributed by atoms with E-state index < -0.39 is 28.5 Å². The van der Waals surface area contributed by atoms with E-state index in [4.69, 9.17) is 16.3 Å². The molecule has 0 aromatic heterocycles. The first-order valence-corrected chi connectivity index (χ1v) is 14.3. The minimum Gasteiger partial charge on any atom is -0.497 e. The SMILES string of the molecule is CC[C@@H](C(=O)NC)N(Cc1cccc(OC)c1)C(=O)CN(c1ccc(C)c(Cl)c1)S(=O)(=O)c1ccc(C)cc1. The van der Waals surface area contributed by atoms with Crippen molar-refractivity contribution in [1.82, 2.24) is 10.2 Å². The summed E-state index contributed by atoms with van der Waals surface area (Å²) in [4.78, 5) is 28.2. The molecular weight excluding hydrogens is 538 g/mol. The van der Waals surface area contributed by atoms with Gasteiger partial charge in [0, 0.05) is 18.6 Å². The molecule has 39 heavy (non-hydrogen) atoms. The molecule has 3 aromatic rings. The van der Waals surface area contributed by atoms with Gasteiger partial charge < -0.3 is 15.0 Å². The van der Waals surface area contributed by atoms with Crippen molar-refractivity contribution < 1.29 is 22.7 Å². The number of carbonyl (C=O) groups is 2. The van der Waals surface area contributed by atoms with Crippen LogP contribution in [0.25, 0.3) is 0 Å². The highest BCUT2D eigenvalue weighted by Gasteiger charge is 2.33. The second-order valence-electron chi connectivity index (χ2n) is 9.17. The van der Waals surface area contributed by atoms with Crippen molar-refractivity contribution in [2.75, 3.05) is 25.0 Å². The van der Waals surface area contributed by atoms with Crippen LogP contribution in [0.2, 0.25) is 5.02 Å². The minimum absolute atomic E-state index is 0.0373. The van der Waals surface area contributed by atoms with Gasteiger partial charge in [-0.3, -0.25) is 13.9 Å². The van der Waals surface area contributed by atoms with Crippen molar-refractivity contribution in [3.63, 3.8) is 0 Å². The molecule has 0 saturated heterocycles. The number of benzene rings is 3. The molecule has 0 unspecified atom stereocenters. The molecule has 0 aliphatic carbocycles. The molecule has 2 amide bonds.